The van der Waals surface area contributed by atoms with E-state index in [0.717, 1.165) is 11.1 Å². The molecule has 0 heterocycles. The van der Waals surface area contributed by atoms with Crippen molar-refractivity contribution in [1.82, 2.24) is 9.62 Å². The third-order valence-electron chi connectivity index (χ3n) is 4.96. The van der Waals surface area contributed by atoms with Gasteiger partial charge in [0.05, 0.1) is 11.4 Å². The van der Waals surface area contributed by atoms with Crippen molar-refractivity contribution in [2.24, 2.45) is 0 Å². The molecular weight excluding hydrogens is 467 g/mol. The molecule has 3 aromatic carbocycles. The molecule has 0 fully saturated rings. The molecule has 0 aliphatic heterocycles. The lowest BCUT2D eigenvalue weighted by Gasteiger charge is -2.22. The number of amides is 1. The van der Waals surface area contributed by atoms with Crippen molar-refractivity contribution in [2.75, 3.05) is 13.1 Å². The summed E-state index contributed by atoms with van der Waals surface area (Å²) in [5.74, 6) is -0.417. The molecule has 0 unspecified atom stereocenters. The summed E-state index contributed by atoms with van der Waals surface area (Å²) in [4.78, 5) is 12.8. The first-order chi connectivity index (χ1) is 15.3. The third kappa shape index (κ3) is 6.56. The Labute approximate surface area is 199 Å². The summed E-state index contributed by atoms with van der Waals surface area (Å²) >= 11 is 12.1. The lowest BCUT2D eigenvalue weighted by Crippen LogP contribution is -2.41. The van der Waals surface area contributed by atoms with Crippen LogP contribution in [0.15, 0.2) is 77.7 Å². The largest absolute Gasteiger partial charge is 0.351 e. The van der Waals surface area contributed by atoms with Crippen LogP contribution in [-0.2, 0) is 27.8 Å². The Bertz CT molecular complexity index is 1170. The van der Waals surface area contributed by atoms with Gasteiger partial charge in [-0.1, -0.05) is 77.3 Å². The summed E-state index contributed by atoms with van der Waals surface area (Å²) in [6, 6.07) is 21.2. The molecule has 168 valence electrons. The zero-order chi connectivity index (χ0) is 23.1. The van der Waals surface area contributed by atoms with E-state index < -0.39 is 15.9 Å². The number of aryl methyl sites for hydroxylation is 1. The van der Waals surface area contributed by atoms with Gasteiger partial charge in [0.1, 0.15) is 0 Å². The molecule has 0 bridgehead atoms. The van der Waals surface area contributed by atoms with Crippen LogP contribution in [0.1, 0.15) is 16.7 Å². The normalized spacial score (nSPS) is 11.5. The molecule has 1 N–H and O–H groups in total. The van der Waals surface area contributed by atoms with E-state index in [-0.39, 0.29) is 24.5 Å². The number of nitrogens with one attached hydrogen (secondary N) is 1. The maximum atomic E-state index is 13.3. The van der Waals surface area contributed by atoms with E-state index in [1.54, 1.807) is 42.5 Å². The molecule has 0 aliphatic rings. The number of halogens is 2. The molecule has 0 saturated heterocycles. The minimum Gasteiger partial charge on any atom is -0.351 e. The van der Waals surface area contributed by atoms with Gasteiger partial charge < -0.3 is 5.32 Å². The second-order valence-electron chi connectivity index (χ2n) is 7.40. The van der Waals surface area contributed by atoms with Gasteiger partial charge in [0.2, 0.25) is 15.9 Å². The van der Waals surface area contributed by atoms with Gasteiger partial charge in [-0.3, -0.25) is 4.79 Å². The number of carbonyl (C=O) groups is 1. The summed E-state index contributed by atoms with van der Waals surface area (Å²) in [6.45, 7) is 1.94. The maximum Gasteiger partial charge on any atom is 0.243 e. The fraction of sp³-hybridized carbons (Fsp3) is 0.208. The molecule has 3 rings (SSSR count). The molecule has 0 aromatic heterocycles. The van der Waals surface area contributed by atoms with Gasteiger partial charge in [-0.15, -0.1) is 0 Å². The predicted octanol–water partition coefficient (Wildman–Crippen LogP) is 4.85. The Kier molecular flexibility index (Phi) is 8.32. The smallest absolute Gasteiger partial charge is 0.243 e. The minimum atomic E-state index is -3.85. The quantitative estimate of drug-likeness (QED) is 0.465. The first kappa shape index (κ1) is 24.3. The summed E-state index contributed by atoms with van der Waals surface area (Å²) in [5, 5.41) is 3.69. The van der Waals surface area contributed by atoms with Crippen LogP contribution in [0.3, 0.4) is 0 Å². The van der Waals surface area contributed by atoms with Crippen molar-refractivity contribution in [3.63, 3.8) is 0 Å². The number of rotatable bonds is 9. The average Bonchev–Trinajstić information content (AvgIpc) is 2.77. The number of nitrogens with zero attached hydrogens (tertiary/aromatic N) is 1. The summed E-state index contributed by atoms with van der Waals surface area (Å²) in [6.07, 6.45) is 0.488. The van der Waals surface area contributed by atoms with E-state index in [2.05, 4.69) is 5.32 Å². The molecule has 32 heavy (non-hydrogen) atoms. The highest BCUT2D eigenvalue weighted by Crippen LogP contribution is 2.21. The van der Waals surface area contributed by atoms with E-state index in [0.29, 0.717) is 22.0 Å². The Morgan fingerprint density at radius 2 is 1.66 bits per heavy atom. The predicted molar refractivity (Wildman–Crippen MR) is 128 cm³/mol. The first-order valence-corrected chi connectivity index (χ1v) is 12.3. The number of sulfonamides is 1. The van der Waals surface area contributed by atoms with Crippen molar-refractivity contribution < 1.29 is 13.2 Å². The average molecular weight is 491 g/mol. The molecule has 1 amide bonds. The zero-order valence-corrected chi connectivity index (χ0v) is 19.9. The molecule has 0 radical (unpaired) electrons. The zero-order valence-electron chi connectivity index (χ0n) is 17.6. The van der Waals surface area contributed by atoms with Crippen LogP contribution >= 0.6 is 23.2 Å². The van der Waals surface area contributed by atoms with Crippen LogP contribution in [-0.4, -0.2) is 31.7 Å². The van der Waals surface area contributed by atoms with E-state index in [4.69, 9.17) is 23.2 Å². The second-order valence-corrected chi connectivity index (χ2v) is 10.2. The van der Waals surface area contributed by atoms with Gasteiger partial charge in [-0.05, 0) is 48.7 Å². The monoisotopic (exact) mass is 490 g/mol. The number of benzene rings is 3. The van der Waals surface area contributed by atoms with Crippen molar-refractivity contribution in [2.45, 2.75) is 24.8 Å². The molecule has 0 aliphatic carbocycles. The fourth-order valence-corrected chi connectivity index (χ4v) is 4.99. The Balaban J connectivity index is 1.75. The Morgan fingerprint density at radius 1 is 0.969 bits per heavy atom. The number of hydrogen-bond acceptors (Lipinski definition) is 3. The van der Waals surface area contributed by atoms with E-state index >= 15 is 0 Å². The molecule has 3 aromatic rings. The highest BCUT2D eigenvalue weighted by molar-refractivity contribution is 7.89. The van der Waals surface area contributed by atoms with Crippen molar-refractivity contribution in [3.8, 4) is 0 Å². The van der Waals surface area contributed by atoms with Gasteiger partial charge in [0, 0.05) is 23.1 Å². The summed E-state index contributed by atoms with van der Waals surface area (Å²) in [7, 11) is -3.85. The lowest BCUT2D eigenvalue weighted by molar-refractivity contribution is -0.121. The van der Waals surface area contributed by atoms with Crippen molar-refractivity contribution >= 4 is 39.1 Å². The van der Waals surface area contributed by atoms with E-state index in [1.165, 1.54) is 4.31 Å². The van der Waals surface area contributed by atoms with Gasteiger partial charge >= 0.3 is 0 Å². The van der Waals surface area contributed by atoms with E-state index in [1.807, 2.05) is 37.3 Å². The highest BCUT2D eigenvalue weighted by atomic mass is 35.5. The van der Waals surface area contributed by atoms with Gasteiger partial charge in [-0.2, -0.15) is 4.31 Å². The second kappa shape index (κ2) is 11.0. The van der Waals surface area contributed by atoms with Crippen LogP contribution in [0, 0.1) is 6.92 Å². The van der Waals surface area contributed by atoms with Crippen LogP contribution < -0.4 is 5.32 Å². The van der Waals surface area contributed by atoms with Crippen molar-refractivity contribution in [1.29, 1.82) is 0 Å². The SMILES string of the molecule is Cc1ccc(S(=O)(=O)N(CCc2ccccc2)CC(=O)NCc2ccc(Cl)cc2Cl)cc1. The summed E-state index contributed by atoms with van der Waals surface area (Å²) in [5.41, 5.74) is 2.64. The standard InChI is InChI=1S/C24H24Cl2N2O3S/c1-18-7-11-22(12-8-18)32(30,31)28(14-13-19-5-3-2-4-6-19)17-24(29)27-16-20-9-10-21(25)15-23(20)26/h2-12,15H,13-14,16-17H2,1H3,(H,27,29). The van der Waals surface area contributed by atoms with Gasteiger partial charge in [0.15, 0.2) is 0 Å². The maximum absolute atomic E-state index is 13.3. The van der Waals surface area contributed by atoms with Crippen LogP contribution in [0.25, 0.3) is 0 Å². The molecule has 0 atom stereocenters. The van der Waals surface area contributed by atoms with Crippen LogP contribution in [0.2, 0.25) is 10.0 Å². The van der Waals surface area contributed by atoms with Gasteiger partial charge in [0.25, 0.3) is 0 Å². The lowest BCUT2D eigenvalue weighted by atomic mass is 10.1. The Hall–Kier alpha value is -2.38. The summed E-state index contributed by atoms with van der Waals surface area (Å²) < 4.78 is 27.8. The van der Waals surface area contributed by atoms with E-state index in [9.17, 15) is 13.2 Å². The molecule has 8 heteroatoms. The third-order valence-corrected chi connectivity index (χ3v) is 7.41. The van der Waals surface area contributed by atoms with Crippen molar-refractivity contribution in [3.05, 3.63) is 99.5 Å². The topological polar surface area (TPSA) is 66.5 Å². The highest BCUT2D eigenvalue weighted by Gasteiger charge is 2.26. The Morgan fingerprint density at radius 3 is 2.31 bits per heavy atom. The first-order valence-electron chi connectivity index (χ1n) is 10.1. The van der Waals surface area contributed by atoms with Gasteiger partial charge in [-0.25, -0.2) is 8.42 Å². The number of carbonyl (C=O) groups excluding carboxylic acids is 1. The van der Waals surface area contributed by atoms with Crippen LogP contribution in [0.4, 0.5) is 0 Å². The van der Waals surface area contributed by atoms with Crippen LogP contribution in [0.5, 0.6) is 0 Å². The molecule has 0 spiro atoms. The molecule has 5 nitrogen and oxygen atoms in total. The minimum absolute atomic E-state index is 0.157. The fourth-order valence-electron chi connectivity index (χ4n) is 3.12. The number of hydrogen-bond donors (Lipinski definition) is 1. The molecular formula is C24H24Cl2N2O3S. The molecule has 0 saturated carbocycles.